The molecule has 1 aliphatic heterocycles. The molecule has 1 unspecified atom stereocenters. The minimum atomic E-state index is 0.720. The van der Waals surface area contributed by atoms with Crippen LogP contribution in [0.25, 0.3) is 0 Å². The predicted molar refractivity (Wildman–Crippen MR) is 88.4 cm³/mol. The summed E-state index contributed by atoms with van der Waals surface area (Å²) in [6, 6.07) is 7.70. The van der Waals surface area contributed by atoms with Crippen LogP contribution in [0, 0.1) is 12.8 Å². The number of rotatable bonds is 6. The largest absolute Gasteiger partial charge is 0.368 e. The standard InChI is InChI=1S/C18H30N2/c1-5-10-19-13-16-8-9-18(15(4)12-16)20-11-6-7-17(20)14(2)3/h8-9,12,14,17,19H,5-7,10-11,13H2,1-4H3. The van der Waals surface area contributed by atoms with Gasteiger partial charge in [0, 0.05) is 24.8 Å². The first-order valence-electron chi connectivity index (χ1n) is 8.20. The molecule has 0 spiro atoms. The molecular formula is C18H30N2. The smallest absolute Gasteiger partial charge is 0.0398 e. The predicted octanol–water partition coefficient (Wildman–Crippen LogP) is 4.12. The Labute approximate surface area is 124 Å². The topological polar surface area (TPSA) is 15.3 Å². The van der Waals surface area contributed by atoms with Crippen molar-refractivity contribution in [1.29, 1.82) is 0 Å². The van der Waals surface area contributed by atoms with Crippen LogP contribution >= 0.6 is 0 Å². The van der Waals surface area contributed by atoms with Crippen LogP contribution in [0.5, 0.6) is 0 Å². The first kappa shape index (κ1) is 15.4. The van der Waals surface area contributed by atoms with E-state index in [1.54, 1.807) is 0 Å². The third-order valence-corrected chi connectivity index (χ3v) is 4.40. The van der Waals surface area contributed by atoms with Crippen molar-refractivity contribution in [2.75, 3.05) is 18.0 Å². The van der Waals surface area contributed by atoms with E-state index in [2.05, 4.69) is 56.1 Å². The fraction of sp³-hybridized carbons (Fsp3) is 0.667. The van der Waals surface area contributed by atoms with Crippen LogP contribution < -0.4 is 10.2 Å². The molecule has 112 valence electrons. The van der Waals surface area contributed by atoms with Gasteiger partial charge >= 0.3 is 0 Å². The van der Waals surface area contributed by atoms with E-state index < -0.39 is 0 Å². The van der Waals surface area contributed by atoms with Gasteiger partial charge in [0.05, 0.1) is 0 Å². The minimum Gasteiger partial charge on any atom is -0.368 e. The Hall–Kier alpha value is -1.02. The van der Waals surface area contributed by atoms with Crippen LogP contribution in [0.1, 0.15) is 51.2 Å². The Balaban J connectivity index is 2.09. The summed E-state index contributed by atoms with van der Waals surface area (Å²) >= 11 is 0. The zero-order chi connectivity index (χ0) is 14.5. The van der Waals surface area contributed by atoms with Gasteiger partial charge in [0.25, 0.3) is 0 Å². The van der Waals surface area contributed by atoms with Gasteiger partial charge in [-0.3, -0.25) is 0 Å². The quantitative estimate of drug-likeness (QED) is 0.785. The van der Waals surface area contributed by atoms with Crippen molar-refractivity contribution in [3.63, 3.8) is 0 Å². The summed E-state index contributed by atoms with van der Waals surface area (Å²) in [4.78, 5) is 2.63. The summed E-state index contributed by atoms with van der Waals surface area (Å²) in [5.41, 5.74) is 4.27. The Morgan fingerprint density at radius 1 is 1.35 bits per heavy atom. The van der Waals surface area contributed by atoms with Gasteiger partial charge in [-0.05, 0) is 55.8 Å². The molecule has 0 aromatic heterocycles. The molecule has 2 nitrogen and oxygen atoms in total. The normalized spacial score (nSPS) is 19.1. The zero-order valence-electron chi connectivity index (χ0n) is 13.6. The Bertz CT molecular complexity index is 425. The third-order valence-electron chi connectivity index (χ3n) is 4.40. The average Bonchev–Trinajstić information content (AvgIpc) is 2.88. The van der Waals surface area contributed by atoms with Gasteiger partial charge in [-0.15, -0.1) is 0 Å². The molecule has 20 heavy (non-hydrogen) atoms. The van der Waals surface area contributed by atoms with Crippen molar-refractivity contribution in [3.8, 4) is 0 Å². The molecule has 1 aromatic rings. The molecule has 0 aliphatic carbocycles. The molecule has 1 heterocycles. The minimum absolute atomic E-state index is 0.720. The molecule has 0 radical (unpaired) electrons. The molecule has 0 saturated carbocycles. The van der Waals surface area contributed by atoms with E-state index in [1.807, 2.05) is 0 Å². The summed E-state index contributed by atoms with van der Waals surface area (Å²) < 4.78 is 0. The monoisotopic (exact) mass is 274 g/mol. The summed E-state index contributed by atoms with van der Waals surface area (Å²) in [6.07, 6.45) is 3.87. The lowest BCUT2D eigenvalue weighted by atomic mass is 10.0. The second-order valence-corrected chi connectivity index (χ2v) is 6.44. The molecular weight excluding hydrogens is 244 g/mol. The molecule has 2 rings (SSSR count). The Morgan fingerprint density at radius 2 is 2.15 bits per heavy atom. The average molecular weight is 274 g/mol. The number of nitrogens with one attached hydrogen (secondary N) is 1. The van der Waals surface area contributed by atoms with Crippen molar-refractivity contribution in [2.24, 2.45) is 5.92 Å². The molecule has 0 bridgehead atoms. The maximum absolute atomic E-state index is 3.48. The second-order valence-electron chi connectivity index (χ2n) is 6.44. The highest BCUT2D eigenvalue weighted by Gasteiger charge is 2.27. The van der Waals surface area contributed by atoms with Crippen LogP contribution in [0.15, 0.2) is 18.2 Å². The maximum Gasteiger partial charge on any atom is 0.0398 e. The molecule has 1 fully saturated rings. The lowest BCUT2D eigenvalue weighted by molar-refractivity contribution is 0.491. The van der Waals surface area contributed by atoms with Gasteiger partial charge in [-0.25, -0.2) is 0 Å². The van der Waals surface area contributed by atoms with E-state index in [9.17, 15) is 0 Å². The number of hydrogen-bond donors (Lipinski definition) is 1. The highest BCUT2D eigenvalue weighted by atomic mass is 15.2. The fourth-order valence-electron chi connectivity index (χ4n) is 3.34. The van der Waals surface area contributed by atoms with E-state index in [1.165, 1.54) is 42.6 Å². The van der Waals surface area contributed by atoms with E-state index in [0.29, 0.717) is 0 Å². The maximum atomic E-state index is 3.48. The van der Waals surface area contributed by atoms with Crippen molar-refractivity contribution in [3.05, 3.63) is 29.3 Å². The van der Waals surface area contributed by atoms with Crippen molar-refractivity contribution < 1.29 is 0 Å². The SMILES string of the molecule is CCCNCc1ccc(N2CCCC2C(C)C)c(C)c1. The Kier molecular flexibility index (Phi) is 5.47. The number of nitrogens with zero attached hydrogens (tertiary/aromatic N) is 1. The van der Waals surface area contributed by atoms with Crippen molar-refractivity contribution in [2.45, 2.75) is 59.5 Å². The molecule has 1 aromatic carbocycles. The van der Waals surface area contributed by atoms with Crippen molar-refractivity contribution >= 4 is 5.69 Å². The number of aryl methyl sites for hydroxylation is 1. The summed E-state index contributed by atoms with van der Waals surface area (Å²) in [5.74, 6) is 0.739. The number of benzene rings is 1. The molecule has 1 N–H and O–H groups in total. The van der Waals surface area contributed by atoms with Crippen LogP contribution in [0.2, 0.25) is 0 Å². The van der Waals surface area contributed by atoms with Gasteiger partial charge < -0.3 is 10.2 Å². The van der Waals surface area contributed by atoms with Crippen LogP contribution in [0.4, 0.5) is 5.69 Å². The lowest BCUT2D eigenvalue weighted by Crippen LogP contribution is -2.33. The van der Waals surface area contributed by atoms with E-state index in [-0.39, 0.29) is 0 Å². The number of anilines is 1. The lowest BCUT2D eigenvalue weighted by Gasteiger charge is -2.31. The van der Waals surface area contributed by atoms with Gasteiger partial charge in [0.1, 0.15) is 0 Å². The molecule has 1 saturated heterocycles. The molecule has 0 amide bonds. The van der Waals surface area contributed by atoms with Crippen LogP contribution in [-0.2, 0) is 6.54 Å². The van der Waals surface area contributed by atoms with Gasteiger partial charge in [0.15, 0.2) is 0 Å². The molecule has 2 heteroatoms. The summed E-state index contributed by atoms with van der Waals surface area (Å²) in [6.45, 7) is 12.5. The van der Waals surface area contributed by atoms with Crippen LogP contribution in [-0.4, -0.2) is 19.1 Å². The van der Waals surface area contributed by atoms with E-state index in [4.69, 9.17) is 0 Å². The van der Waals surface area contributed by atoms with Gasteiger partial charge in [0.2, 0.25) is 0 Å². The second kappa shape index (κ2) is 7.12. The first-order valence-corrected chi connectivity index (χ1v) is 8.20. The van der Waals surface area contributed by atoms with E-state index >= 15 is 0 Å². The van der Waals surface area contributed by atoms with Gasteiger partial charge in [-0.1, -0.05) is 32.9 Å². The molecule has 1 aliphatic rings. The van der Waals surface area contributed by atoms with Gasteiger partial charge in [-0.2, -0.15) is 0 Å². The molecule has 1 atom stereocenters. The summed E-state index contributed by atoms with van der Waals surface area (Å²) in [7, 11) is 0. The first-order chi connectivity index (χ1) is 9.63. The van der Waals surface area contributed by atoms with E-state index in [0.717, 1.165) is 25.0 Å². The summed E-state index contributed by atoms with van der Waals surface area (Å²) in [5, 5.41) is 3.48. The third kappa shape index (κ3) is 3.54. The fourth-order valence-corrected chi connectivity index (χ4v) is 3.34. The van der Waals surface area contributed by atoms with Crippen LogP contribution in [0.3, 0.4) is 0 Å². The Morgan fingerprint density at radius 3 is 2.80 bits per heavy atom. The van der Waals surface area contributed by atoms with Crippen molar-refractivity contribution in [1.82, 2.24) is 5.32 Å². The highest BCUT2D eigenvalue weighted by Crippen LogP contribution is 2.32. The number of hydrogen-bond acceptors (Lipinski definition) is 2. The highest BCUT2D eigenvalue weighted by molar-refractivity contribution is 5.56. The zero-order valence-corrected chi connectivity index (χ0v) is 13.6.